The third-order valence-electron chi connectivity index (χ3n) is 3.34. The molecule has 2 heterocycles. The molecule has 0 aliphatic carbocycles. The van der Waals surface area contributed by atoms with Gasteiger partial charge < -0.3 is 9.88 Å². The quantitative estimate of drug-likeness (QED) is 0.860. The third-order valence-corrected chi connectivity index (χ3v) is 5.62. The van der Waals surface area contributed by atoms with E-state index in [1.54, 1.807) is 0 Å². The second kappa shape index (κ2) is 5.23. The number of sulfone groups is 1. The Kier molecular flexibility index (Phi) is 3.89. The van der Waals surface area contributed by atoms with Crippen LogP contribution in [0, 0.1) is 0 Å². The lowest BCUT2D eigenvalue weighted by atomic mass is 10.2. The van der Waals surface area contributed by atoms with Gasteiger partial charge in [0.15, 0.2) is 9.84 Å². The van der Waals surface area contributed by atoms with Crippen LogP contribution in [0.5, 0.6) is 0 Å². The maximum Gasteiger partial charge on any atom is 0.154 e. The molecule has 1 aromatic heterocycles. The summed E-state index contributed by atoms with van der Waals surface area (Å²) in [6.45, 7) is 4.40. The lowest BCUT2D eigenvalue weighted by Gasteiger charge is -2.09. The van der Waals surface area contributed by atoms with Crippen molar-refractivity contribution in [3.63, 3.8) is 0 Å². The predicted octanol–water partition coefficient (Wildman–Crippen LogP) is 1.17. The minimum Gasteiger partial charge on any atom is -0.354 e. The van der Waals surface area contributed by atoms with Crippen molar-refractivity contribution in [3.05, 3.63) is 24.0 Å². The summed E-state index contributed by atoms with van der Waals surface area (Å²) < 4.78 is 25.3. The van der Waals surface area contributed by atoms with Crippen LogP contribution in [0.1, 0.15) is 25.3 Å². The Hall–Kier alpha value is -0.810. The summed E-state index contributed by atoms with van der Waals surface area (Å²) in [4.78, 5) is 0. The molecule has 1 aromatic rings. The first-order valence-electron chi connectivity index (χ1n) is 6.19. The van der Waals surface area contributed by atoms with Crippen molar-refractivity contribution in [2.45, 2.75) is 38.1 Å². The van der Waals surface area contributed by atoms with E-state index >= 15 is 0 Å². The van der Waals surface area contributed by atoms with E-state index < -0.39 is 9.84 Å². The normalized spacial score (nSPS) is 23.0. The smallest absolute Gasteiger partial charge is 0.154 e. The molecule has 17 heavy (non-hydrogen) atoms. The number of aryl methyl sites for hydroxylation is 1. The second-order valence-corrected chi connectivity index (χ2v) is 7.01. The third kappa shape index (κ3) is 3.10. The maximum absolute atomic E-state index is 11.6. The van der Waals surface area contributed by atoms with Crippen LogP contribution in [-0.4, -0.2) is 30.5 Å². The summed E-state index contributed by atoms with van der Waals surface area (Å²) in [5.74, 6) is 0.367. The number of nitrogens with one attached hydrogen (secondary N) is 1. The predicted molar refractivity (Wildman–Crippen MR) is 68.6 cm³/mol. The van der Waals surface area contributed by atoms with E-state index in [2.05, 4.69) is 29.1 Å². The van der Waals surface area contributed by atoms with Gasteiger partial charge in [-0.15, -0.1) is 0 Å². The van der Waals surface area contributed by atoms with Gasteiger partial charge in [0.1, 0.15) is 0 Å². The highest BCUT2D eigenvalue weighted by Gasteiger charge is 2.30. The molecule has 0 saturated carbocycles. The fourth-order valence-electron chi connectivity index (χ4n) is 2.26. The molecule has 1 N–H and O–H groups in total. The molecular weight excluding hydrogens is 236 g/mol. The lowest BCUT2D eigenvalue weighted by molar-refractivity contribution is 0.574. The Balaban J connectivity index is 1.80. The fourth-order valence-corrected chi connectivity index (χ4v) is 4.06. The molecule has 0 radical (unpaired) electrons. The summed E-state index contributed by atoms with van der Waals surface area (Å²) in [6, 6.07) is 2.07. The summed E-state index contributed by atoms with van der Waals surface area (Å²) in [5, 5.41) is 3.07. The minimum atomic E-state index is -2.81. The number of rotatable bonds is 5. The largest absolute Gasteiger partial charge is 0.354 e. The average Bonchev–Trinajstić information content (AvgIpc) is 2.86. The molecule has 1 atom stereocenters. The van der Waals surface area contributed by atoms with E-state index in [9.17, 15) is 8.42 Å². The molecule has 1 unspecified atom stereocenters. The van der Waals surface area contributed by atoms with Gasteiger partial charge in [-0.25, -0.2) is 8.42 Å². The molecule has 5 heteroatoms. The minimum absolute atomic E-state index is 0.171. The van der Waals surface area contributed by atoms with Gasteiger partial charge in [-0.1, -0.05) is 0 Å². The van der Waals surface area contributed by atoms with Crippen LogP contribution < -0.4 is 5.32 Å². The molecular formula is C12H20N2O2S. The molecule has 0 amide bonds. The van der Waals surface area contributed by atoms with Gasteiger partial charge in [-0.3, -0.25) is 0 Å². The number of hydrogen-bond donors (Lipinski definition) is 1. The van der Waals surface area contributed by atoms with E-state index in [1.807, 2.05) is 6.20 Å². The monoisotopic (exact) mass is 256 g/mol. The van der Waals surface area contributed by atoms with Gasteiger partial charge in [0, 0.05) is 32.0 Å². The molecule has 1 fully saturated rings. The number of aromatic nitrogens is 1. The fraction of sp³-hybridized carbons (Fsp3) is 0.667. The van der Waals surface area contributed by atoms with Crippen LogP contribution in [-0.2, 0) is 22.9 Å². The molecule has 0 bridgehead atoms. The molecule has 2 rings (SSSR count). The first-order valence-corrected chi connectivity index (χ1v) is 7.90. The highest BCUT2D eigenvalue weighted by Crippen LogP contribution is 2.19. The highest BCUT2D eigenvalue weighted by atomic mass is 32.2. The number of hydrogen-bond acceptors (Lipinski definition) is 3. The molecule has 1 aliphatic heterocycles. The highest BCUT2D eigenvalue weighted by molar-refractivity contribution is 7.92. The van der Waals surface area contributed by atoms with Crippen molar-refractivity contribution < 1.29 is 8.42 Å². The average molecular weight is 256 g/mol. The first kappa shape index (κ1) is 12.6. The Bertz CT molecular complexity index is 465. The first-order chi connectivity index (χ1) is 8.12. The van der Waals surface area contributed by atoms with Crippen molar-refractivity contribution in [1.29, 1.82) is 0 Å². The van der Waals surface area contributed by atoms with Crippen molar-refractivity contribution in [1.82, 2.24) is 9.88 Å². The van der Waals surface area contributed by atoms with Gasteiger partial charge >= 0.3 is 0 Å². The van der Waals surface area contributed by atoms with Crippen molar-refractivity contribution >= 4 is 9.84 Å². The van der Waals surface area contributed by atoms with Crippen molar-refractivity contribution in [2.24, 2.45) is 0 Å². The molecule has 1 saturated heterocycles. The van der Waals surface area contributed by atoms with E-state index in [4.69, 9.17) is 0 Å². The van der Waals surface area contributed by atoms with E-state index in [0.717, 1.165) is 25.9 Å². The molecule has 1 aliphatic rings. The molecule has 96 valence electrons. The molecule has 4 nitrogen and oxygen atoms in total. The van der Waals surface area contributed by atoms with Gasteiger partial charge in [-0.05, 0) is 31.4 Å². The van der Waals surface area contributed by atoms with Crippen LogP contribution >= 0.6 is 0 Å². The summed E-state index contributed by atoms with van der Waals surface area (Å²) in [5.41, 5.74) is 1.21. The van der Waals surface area contributed by atoms with Gasteiger partial charge in [0.25, 0.3) is 0 Å². The lowest BCUT2D eigenvalue weighted by Crippen LogP contribution is -2.30. The second-order valence-electron chi connectivity index (χ2n) is 4.61. The van der Waals surface area contributed by atoms with Gasteiger partial charge in [-0.2, -0.15) is 0 Å². The van der Waals surface area contributed by atoms with Crippen molar-refractivity contribution in [2.75, 3.05) is 12.3 Å². The Morgan fingerprint density at radius 2 is 2.35 bits per heavy atom. The van der Waals surface area contributed by atoms with Crippen LogP contribution in [0.3, 0.4) is 0 Å². The van der Waals surface area contributed by atoms with Crippen LogP contribution in [0.2, 0.25) is 0 Å². The zero-order valence-electron chi connectivity index (χ0n) is 10.2. The summed E-state index contributed by atoms with van der Waals surface area (Å²) in [7, 11) is -2.81. The van der Waals surface area contributed by atoms with Crippen molar-refractivity contribution in [3.8, 4) is 0 Å². The van der Waals surface area contributed by atoms with Gasteiger partial charge in [0.05, 0.1) is 11.0 Å². The topological polar surface area (TPSA) is 51.1 Å². The summed E-state index contributed by atoms with van der Waals surface area (Å²) >= 11 is 0. The maximum atomic E-state index is 11.6. The Labute approximate surface area is 103 Å². The molecule has 0 spiro atoms. The van der Waals surface area contributed by atoms with E-state index in [-0.39, 0.29) is 5.25 Å². The van der Waals surface area contributed by atoms with Crippen LogP contribution in [0.25, 0.3) is 0 Å². The Morgan fingerprint density at radius 1 is 1.53 bits per heavy atom. The standard InChI is InChI=1S/C12H20N2O2S/c1-2-14-6-5-11(10-14)8-13-9-12-4-3-7-17(12,15)16/h5-6,10,12-13H,2-4,7-9H2,1H3. The van der Waals surface area contributed by atoms with Gasteiger partial charge in [0.2, 0.25) is 0 Å². The zero-order chi connectivity index (χ0) is 12.3. The Morgan fingerprint density at radius 3 is 2.94 bits per heavy atom. The SMILES string of the molecule is CCn1ccc(CNCC2CCCS2(=O)=O)c1. The number of nitrogens with zero attached hydrogens (tertiary/aromatic N) is 1. The molecule has 0 aromatic carbocycles. The van der Waals surface area contributed by atoms with Crippen LogP contribution in [0.4, 0.5) is 0 Å². The van der Waals surface area contributed by atoms with Crippen LogP contribution in [0.15, 0.2) is 18.5 Å². The zero-order valence-corrected chi connectivity index (χ0v) is 11.0. The van der Waals surface area contributed by atoms with E-state index in [1.165, 1.54) is 5.56 Å². The van der Waals surface area contributed by atoms with E-state index in [0.29, 0.717) is 12.3 Å². The summed E-state index contributed by atoms with van der Waals surface area (Å²) in [6.07, 6.45) is 5.77.